The van der Waals surface area contributed by atoms with Crippen LogP contribution in [-0.2, 0) is 0 Å². The number of anilines is 2. The number of rotatable bonds is 5. The number of nitrogen functional groups attached to an aromatic ring is 1. The SMILES string of the molecule is COc1cc(N)cc(NCCN2CCCCCC2)c1. The molecule has 1 fully saturated rings. The van der Waals surface area contributed by atoms with Crippen molar-refractivity contribution in [3.63, 3.8) is 0 Å². The number of likely N-dealkylation sites (tertiary alicyclic amines) is 1. The number of benzene rings is 1. The lowest BCUT2D eigenvalue weighted by Crippen LogP contribution is -2.29. The van der Waals surface area contributed by atoms with Crippen LogP contribution in [0.4, 0.5) is 11.4 Å². The highest BCUT2D eigenvalue weighted by molar-refractivity contribution is 5.59. The van der Waals surface area contributed by atoms with E-state index in [1.807, 2.05) is 18.2 Å². The fraction of sp³-hybridized carbons (Fsp3) is 0.600. The monoisotopic (exact) mass is 263 g/mol. The highest BCUT2D eigenvalue weighted by atomic mass is 16.5. The molecule has 0 unspecified atom stereocenters. The topological polar surface area (TPSA) is 50.5 Å². The van der Waals surface area contributed by atoms with Crippen LogP contribution in [0.2, 0.25) is 0 Å². The van der Waals surface area contributed by atoms with Gasteiger partial charge in [-0.2, -0.15) is 0 Å². The maximum atomic E-state index is 5.84. The molecule has 0 aliphatic carbocycles. The number of hydrogen-bond acceptors (Lipinski definition) is 4. The van der Waals surface area contributed by atoms with Crippen LogP contribution in [0.15, 0.2) is 18.2 Å². The number of methoxy groups -OCH3 is 1. The summed E-state index contributed by atoms with van der Waals surface area (Å²) in [5, 5.41) is 3.43. The second-order valence-electron chi connectivity index (χ2n) is 5.18. The maximum Gasteiger partial charge on any atom is 0.122 e. The van der Waals surface area contributed by atoms with E-state index in [9.17, 15) is 0 Å². The van der Waals surface area contributed by atoms with Crippen molar-refractivity contribution in [2.24, 2.45) is 0 Å². The summed E-state index contributed by atoms with van der Waals surface area (Å²) in [4.78, 5) is 2.55. The zero-order chi connectivity index (χ0) is 13.5. The molecule has 0 aromatic heterocycles. The first-order valence-electron chi connectivity index (χ1n) is 7.19. The van der Waals surface area contributed by atoms with Gasteiger partial charge in [-0.15, -0.1) is 0 Å². The summed E-state index contributed by atoms with van der Waals surface area (Å²) in [7, 11) is 1.66. The molecule has 0 spiro atoms. The summed E-state index contributed by atoms with van der Waals surface area (Å²) < 4.78 is 5.22. The van der Waals surface area contributed by atoms with Crippen molar-refractivity contribution >= 4 is 11.4 Å². The average Bonchev–Trinajstić information content (AvgIpc) is 2.67. The van der Waals surface area contributed by atoms with Gasteiger partial charge in [0.15, 0.2) is 0 Å². The van der Waals surface area contributed by atoms with Gasteiger partial charge in [-0.05, 0) is 32.0 Å². The Hall–Kier alpha value is -1.42. The molecule has 1 saturated heterocycles. The molecule has 1 aliphatic heterocycles. The fourth-order valence-electron chi connectivity index (χ4n) is 2.56. The molecule has 2 rings (SSSR count). The molecule has 1 aromatic carbocycles. The summed E-state index contributed by atoms with van der Waals surface area (Å²) in [5.74, 6) is 0.803. The molecule has 0 saturated carbocycles. The number of nitrogens with two attached hydrogens (primary N) is 1. The van der Waals surface area contributed by atoms with Gasteiger partial charge in [0.2, 0.25) is 0 Å². The molecule has 3 N–H and O–H groups in total. The Morgan fingerprint density at radius 3 is 2.58 bits per heavy atom. The van der Waals surface area contributed by atoms with Gasteiger partial charge in [0, 0.05) is 36.6 Å². The molecular weight excluding hydrogens is 238 g/mol. The second kappa shape index (κ2) is 7.24. The summed E-state index contributed by atoms with van der Waals surface area (Å²) >= 11 is 0. The lowest BCUT2D eigenvalue weighted by molar-refractivity contribution is 0.296. The van der Waals surface area contributed by atoms with Crippen molar-refractivity contribution in [3.8, 4) is 5.75 Å². The maximum absolute atomic E-state index is 5.84. The molecular formula is C15H25N3O. The van der Waals surface area contributed by atoms with Gasteiger partial charge >= 0.3 is 0 Å². The third-order valence-electron chi connectivity index (χ3n) is 3.62. The second-order valence-corrected chi connectivity index (χ2v) is 5.18. The summed E-state index contributed by atoms with van der Waals surface area (Å²) in [5.41, 5.74) is 7.61. The first-order chi connectivity index (χ1) is 9.28. The van der Waals surface area contributed by atoms with Crippen molar-refractivity contribution in [1.82, 2.24) is 4.90 Å². The quantitative estimate of drug-likeness (QED) is 0.802. The summed E-state index contributed by atoms with van der Waals surface area (Å²) in [6.45, 7) is 4.52. The van der Waals surface area contributed by atoms with Crippen LogP contribution in [-0.4, -0.2) is 38.2 Å². The molecule has 1 heterocycles. The fourth-order valence-corrected chi connectivity index (χ4v) is 2.56. The van der Waals surface area contributed by atoms with Crippen LogP contribution in [0, 0.1) is 0 Å². The highest BCUT2D eigenvalue weighted by Gasteiger charge is 2.08. The zero-order valence-corrected chi connectivity index (χ0v) is 11.8. The van der Waals surface area contributed by atoms with Crippen molar-refractivity contribution in [1.29, 1.82) is 0 Å². The minimum Gasteiger partial charge on any atom is -0.497 e. The van der Waals surface area contributed by atoms with Crippen LogP contribution in [0.5, 0.6) is 5.75 Å². The Labute approximate surface area is 115 Å². The number of ether oxygens (including phenoxy) is 1. The van der Waals surface area contributed by atoms with E-state index in [-0.39, 0.29) is 0 Å². The predicted octanol–water partition coefficient (Wildman–Crippen LogP) is 2.57. The molecule has 0 radical (unpaired) electrons. The van der Waals surface area contributed by atoms with E-state index in [4.69, 9.17) is 10.5 Å². The van der Waals surface area contributed by atoms with E-state index >= 15 is 0 Å². The van der Waals surface area contributed by atoms with Crippen molar-refractivity contribution in [2.45, 2.75) is 25.7 Å². The largest absolute Gasteiger partial charge is 0.497 e. The average molecular weight is 263 g/mol. The Kier molecular flexibility index (Phi) is 5.33. The molecule has 1 aromatic rings. The van der Waals surface area contributed by atoms with Gasteiger partial charge in [-0.3, -0.25) is 0 Å². The molecule has 0 atom stereocenters. The van der Waals surface area contributed by atoms with Gasteiger partial charge < -0.3 is 20.7 Å². The number of hydrogen-bond donors (Lipinski definition) is 2. The Morgan fingerprint density at radius 2 is 1.89 bits per heavy atom. The van der Waals surface area contributed by atoms with Gasteiger partial charge in [0.05, 0.1) is 7.11 Å². The standard InChI is InChI=1S/C15H25N3O/c1-19-15-11-13(16)10-14(12-15)17-6-9-18-7-4-2-3-5-8-18/h10-12,17H,2-9,16H2,1H3. The molecule has 4 nitrogen and oxygen atoms in total. The third-order valence-corrected chi connectivity index (χ3v) is 3.62. The Morgan fingerprint density at radius 1 is 1.16 bits per heavy atom. The Bertz CT molecular complexity index is 387. The number of nitrogens with one attached hydrogen (secondary N) is 1. The van der Waals surface area contributed by atoms with Gasteiger partial charge in [-0.25, -0.2) is 0 Å². The molecule has 4 heteroatoms. The molecule has 1 aliphatic rings. The van der Waals surface area contributed by atoms with Crippen LogP contribution in [0.1, 0.15) is 25.7 Å². The minimum absolute atomic E-state index is 0.733. The van der Waals surface area contributed by atoms with Gasteiger partial charge in [0.1, 0.15) is 5.75 Å². The lowest BCUT2D eigenvalue weighted by Gasteiger charge is -2.20. The van der Waals surface area contributed by atoms with Crippen molar-refractivity contribution in [3.05, 3.63) is 18.2 Å². The van der Waals surface area contributed by atoms with Crippen molar-refractivity contribution in [2.75, 3.05) is 44.3 Å². The van der Waals surface area contributed by atoms with E-state index in [0.29, 0.717) is 0 Å². The van der Waals surface area contributed by atoms with Crippen LogP contribution in [0.3, 0.4) is 0 Å². The van der Waals surface area contributed by atoms with Crippen LogP contribution >= 0.6 is 0 Å². The van der Waals surface area contributed by atoms with Crippen LogP contribution in [0.25, 0.3) is 0 Å². The summed E-state index contributed by atoms with van der Waals surface area (Å²) in [6, 6.07) is 5.77. The molecule has 0 amide bonds. The van der Waals surface area contributed by atoms with Crippen LogP contribution < -0.4 is 15.8 Å². The number of nitrogens with zero attached hydrogens (tertiary/aromatic N) is 1. The first kappa shape index (κ1) is 14.0. The minimum atomic E-state index is 0.733. The van der Waals surface area contributed by atoms with Gasteiger partial charge in [0.25, 0.3) is 0 Å². The zero-order valence-electron chi connectivity index (χ0n) is 11.8. The predicted molar refractivity (Wildman–Crippen MR) is 80.8 cm³/mol. The molecule has 19 heavy (non-hydrogen) atoms. The first-order valence-corrected chi connectivity index (χ1v) is 7.19. The Balaban J connectivity index is 1.79. The lowest BCUT2D eigenvalue weighted by atomic mass is 10.2. The molecule has 106 valence electrons. The molecule has 0 bridgehead atoms. The van der Waals surface area contributed by atoms with Crippen molar-refractivity contribution < 1.29 is 4.74 Å². The van der Waals surface area contributed by atoms with Gasteiger partial charge in [-0.1, -0.05) is 12.8 Å². The highest BCUT2D eigenvalue weighted by Crippen LogP contribution is 2.22. The van der Waals surface area contributed by atoms with E-state index in [0.717, 1.165) is 30.2 Å². The van der Waals surface area contributed by atoms with E-state index in [1.54, 1.807) is 7.11 Å². The summed E-state index contributed by atoms with van der Waals surface area (Å²) in [6.07, 6.45) is 5.45. The van der Waals surface area contributed by atoms with E-state index in [2.05, 4.69) is 10.2 Å². The smallest absolute Gasteiger partial charge is 0.122 e. The van der Waals surface area contributed by atoms with E-state index < -0.39 is 0 Å². The third kappa shape index (κ3) is 4.63. The van der Waals surface area contributed by atoms with E-state index in [1.165, 1.54) is 38.8 Å². The normalized spacial score (nSPS) is 16.9.